The molecule has 1 aliphatic heterocycles. The molecule has 36 heavy (non-hydrogen) atoms. The minimum atomic E-state index is -1.39. The predicted octanol–water partition coefficient (Wildman–Crippen LogP) is -0.853. The Labute approximate surface area is 209 Å². The van der Waals surface area contributed by atoms with Gasteiger partial charge in [0.1, 0.15) is 23.9 Å². The molecule has 1 aromatic rings. The van der Waals surface area contributed by atoms with Crippen molar-refractivity contribution in [3.8, 4) is 5.75 Å². The van der Waals surface area contributed by atoms with Crippen LogP contribution in [0.4, 0.5) is 0 Å². The normalized spacial score (nSPS) is 17.6. The van der Waals surface area contributed by atoms with Crippen molar-refractivity contribution < 1.29 is 34.2 Å². The zero-order valence-electron chi connectivity index (χ0n) is 20.5. The first-order valence-electron chi connectivity index (χ1n) is 11.9. The lowest BCUT2D eigenvalue weighted by Crippen LogP contribution is -2.58. The smallest absolute Gasteiger partial charge is 0.326 e. The largest absolute Gasteiger partial charge is 0.508 e. The maximum absolute atomic E-state index is 13.2. The van der Waals surface area contributed by atoms with Crippen molar-refractivity contribution in [3.63, 3.8) is 0 Å². The second-order valence-electron chi connectivity index (χ2n) is 9.22. The fraction of sp³-hybridized carbons (Fsp3) is 0.542. The van der Waals surface area contributed by atoms with Crippen LogP contribution in [0.25, 0.3) is 0 Å². The molecule has 12 heteroatoms. The van der Waals surface area contributed by atoms with Crippen LogP contribution in [0.3, 0.4) is 0 Å². The third-order valence-electron chi connectivity index (χ3n) is 5.93. The standard InChI is InChI=1S/C24H35N5O7/c1-13(2)20(29-21(32)16-4-3-11-26-16)23(34)28-18(12-14-5-7-15(30)8-6-14)22(33)27-17(24(35)36)9-10-19(25)31/h5-8,13,16-18,20,26,30H,3-4,9-12H2,1-2H3,(H2,25,31)(H,27,33)(H,28,34)(H,29,32)(H,35,36). The highest BCUT2D eigenvalue weighted by Crippen LogP contribution is 2.13. The van der Waals surface area contributed by atoms with Crippen LogP contribution in [0.5, 0.6) is 5.75 Å². The van der Waals surface area contributed by atoms with Crippen molar-refractivity contribution in [2.45, 2.75) is 70.1 Å². The molecule has 1 heterocycles. The first-order chi connectivity index (χ1) is 17.0. The molecular weight excluding hydrogens is 470 g/mol. The number of carbonyl (C=O) groups is 5. The maximum Gasteiger partial charge on any atom is 0.326 e. The Morgan fingerprint density at radius 1 is 1.03 bits per heavy atom. The molecule has 1 saturated heterocycles. The molecule has 0 aromatic heterocycles. The van der Waals surface area contributed by atoms with Gasteiger partial charge in [-0.2, -0.15) is 0 Å². The average molecular weight is 506 g/mol. The number of nitrogens with one attached hydrogen (secondary N) is 4. The van der Waals surface area contributed by atoms with E-state index < -0.39 is 47.9 Å². The highest BCUT2D eigenvalue weighted by molar-refractivity contribution is 5.94. The van der Waals surface area contributed by atoms with Gasteiger partial charge in [-0.15, -0.1) is 0 Å². The lowest BCUT2D eigenvalue weighted by atomic mass is 10.00. The van der Waals surface area contributed by atoms with Crippen molar-refractivity contribution >= 4 is 29.6 Å². The number of aromatic hydroxyl groups is 1. The van der Waals surface area contributed by atoms with Crippen molar-refractivity contribution in [2.24, 2.45) is 11.7 Å². The third-order valence-corrected chi connectivity index (χ3v) is 5.93. The van der Waals surface area contributed by atoms with Gasteiger partial charge in [-0.25, -0.2) is 4.79 Å². The average Bonchev–Trinajstić information content (AvgIpc) is 3.35. The molecule has 198 valence electrons. The van der Waals surface area contributed by atoms with Crippen LogP contribution >= 0.6 is 0 Å². The van der Waals surface area contributed by atoms with Crippen LogP contribution in [0.2, 0.25) is 0 Å². The molecule has 4 amide bonds. The summed E-state index contributed by atoms with van der Waals surface area (Å²) >= 11 is 0. The Hall–Kier alpha value is -3.67. The van der Waals surface area contributed by atoms with Gasteiger partial charge in [0.2, 0.25) is 23.6 Å². The van der Waals surface area contributed by atoms with Gasteiger partial charge >= 0.3 is 5.97 Å². The zero-order valence-corrected chi connectivity index (χ0v) is 20.5. The minimum absolute atomic E-state index is 0.0110. The highest BCUT2D eigenvalue weighted by atomic mass is 16.4. The van der Waals surface area contributed by atoms with E-state index >= 15 is 0 Å². The highest BCUT2D eigenvalue weighted by Gasteiger charge is 2.33. The molecule has 1 aliphatic rings. The summed E-state index contributed by atoms with van der Waals surface area (Å²) in [6.45, 7) is 4.23. The second-order valence-corrected chi connectivity index (χ2v) is 9.22. The Morgan fingerprint density at radius 3 is 2.19 bits per heavy atom. The summed E-state index contributed by atoms with van der Waals surface area (Å²) in [5.41, 5.74) is 5.69. The number of hydrogen-bond donors (Lipinski definition) is 7. The lowest BCUT2D eigenvalue weighted by molar-refractivity contribution is -0.142. The van der Waals surface area contributed by atoms with E-state index in [0.717, 1.165) is 6.42 Å². The van der Waals surface area contributed by atoms with Crippen molar-refractivity contribution in [2.75, 3.05) is 6.54 Å². The van der Waals surface area contributed by atoms with Crippen LogP contribution in [-0.4, -0.2) is 70.5 Å². The molecule has 0 saturated carbocycles. The fourth-order valence-electron chi connectivity index (χ4n) is 3.85. The number of carboxylic acids is 1. The van der Waals surface area contributed by atoms with Crippen LogP contribution in [0, 0.1) is 5.92 Å². The Kier molecular flexibility index (Phi) is 10.7. The van der Waals surface area contributed by atoms with E-state index in [-0.39, 0.29) is 36.8 Å². The number of hydrogen-bond acceptors (Lipinski definition) is 7. The van der Waals surface area contributed by atoms with Crippen molar-refractivity contribution in [1.29, 1.82) is 0 Å². The molecule has 8 N–H and O–H groups in total. The van der Waals surface area contributed by atoms with E-state index in [0.29, 0.717) is 18.5 Å². The lowest BCUT2D eigenvalue weighted by Gasteiger charge is -2.27. The van der Waals surface area contributed by atoms with Gasteiger partial charge in [0.15, 0.2) is 0 Å². The topological polar surface area (TPSA) is 200 Å². The molecule has 0 radical (unpaired) electrons. The summed E-state index contributed by atoms with van der Waals surface area (Å²) in [5, 5.41) is 29.8. The van der Waals surface area contributed by atoms with Crippen LogP contribution in [-0.2, 0) is 30.4 Å². The number of aliphatic carboxylic acids is 1. The van der Waals surface area contributed by atoms with Crippen molar-refractivity contribution in [1.82, 2.24) is 21.3 Å². The molecule has 0 bridgehead atoms. The van der Waals surface area contributed by atoms with E-state index in [1.165, 1.54) is 12.1 Å². The summed E-state index contributed by atoms with van der Waals surface area (Å²) in [6.07, 6.45) is 1.04. The number of benzene rings is 1. The number of phenols is 1. The van der Waals surface area contributed by atoms with Gasteiger partial charge < -0.3 is 37.2 Å². The van der Waals surface area contributed by atoms with Gasteiger partial charge in [0.05, 0.1) is 6.04 Å². The van der Waals surface area contributed by atoms with Crippen LogP contribution in [0.15, 0.2) is 24.3 Å². The van der Waals surface area contributed by atoms with Gasteiger partial charge in [0.25, 0.3) is 0 Å². The molecule has 1 fully saturated rings. The van der Waals surface area contributed by atoms with Crippen LogP contribution < -0.4 is 27.0 Å². The van der Waals surface area contributed by atoms with E-state index in [1.807, 2.05) is 0 Å². The molecule has 0 spiro atoms. The summed E-state index contributed by atoms with van der Waals surface area (Å²) < 4.78 is 0. The second kappa shape index (κ2) is 13.4. The SMILES string of the molecule is CC(C)C(NC(=O)C1CCCN1)C(=O)NC(Cc1ccc(O)cc1)C(=O)NC(CCC(N)=O)C(=O)O. The molecule has 4 unspecified atom stereocenters. The van der Waals surface area contributed by atoms with E-state index in [4.69, 9.17) is 5.73 Å². The Bertz CT molecular complexity index is 945. The number of primary amides is 1. The molecular formula is C24H35N5O7. The summed E-state index contributed by atoms with van der Waals surface area (Å²) in [7, 11) is 0. The molecule has 2 rings (SSSR count). The molecule has 4 atom stereocenters. The molecule has 0 aliphatic carbocycles. The summed E-state index contributed by atoms with van der Waals surface area (Å²) in [6, 6.07) is 2.07. The number of carbonyl (C=O) groups excluding carboxylic acids is 4. The molecule has 12 nitrogen and oxygen atoms in total. The first kappa shape index (κ1) is 28.6. The minimum Gasteiger partial charge on any atom is -0.508 e. The van der Waals surface area contributed by atoms with E-state index in [2.05, 4.69) is 21.3 Å². The summed E-state index contributed by atoms with van der Waals surface area (Å²) in [4.78, 5) is 61.5. The summed E-state index contributed by atoms with van der Waals surface area (Å²) in [5.74, 6) is -4.02. The maximum atomic E-state index is 13.2. The monoisotopic (exact) mass is 505 g/mol. The van der Waals surface area contributed by atoms with Crippen molar-refractivity contribution in [3.05, 3.63) is 29.8 Å². The quantitative estimate of drug-likeness (QED) is 0.180. The first-order valence-corrected chi connectivity index (χ1v) is 11.9. The third kappa shape index (κ3) is 8.84. The number of nitrogens with two attached hydrogens (primary N) is 1. The number of amides is 4. The van der Waals surface area contributed by atoms with Gasteiger partial charge in [-0.1, -0.05) is 26.0 Å². The molecule has 1 aromatic carbocycles. The van der Waals surface area contributed by atoms with Gasteiger partial charge in [0, 0.05) is 12.8 Å². The number of rotatable bonds is 13. The number of carboxylic acid groups (broad SMARTS) is 1. The Morgan fingerprint density at radius 2 is 1.67 bits per heavy atom. The number of phenolic OH excluding ortho intramolecular Hbond substituents is 1. The zero-order chi connectivity index (χ0) is 26.8. The fourth-order valence-corrected chi connectivity index (χ4v) is 3.85. The van der Waals surface area contributed by atoms with E-state index in [1.54, 1.807) is 26.0 Å². The van der Waals surface area contributed by atoms with Crippen LogP contribution in [0.1, 0.15) is 45.1 Å². The predicted molar refractivity (Wildman–Crippen MR) is 130 cm³/mol. The van der Waals surface area contributed by atoms with Gasteiger partial charge in [-0.05, 0) is 49.4 Å². The van der Waals surface area contributed by atoms with Gasteiger partial charge in [-0.3, -0.25) is 19.2 Å². The van der Waals surface area contributed by atoms with E-state index in [9.17, 15) is 34.2 Å². The Balaban J connectivity index is 2.20.